The van der Waals surface area contributed by atoms with Gasteiger partial charge >= 0.3 is 0 Å². The summed E-state index contributed by atoms with van der Waals surface area (Å²) in [7, 11) is 0. The number of morpholine rings is 1. The molecule has 0 spiro atoms. The number of nitrogens with zero attached hydrogens (tertiary/aromatic N) is 1. The molecule has 0 aliphatic carbocycles. The van der Waals surface area contributed by atoms with E-state index in [1.807, 2.05) is 35.7 Å². The lowest BCUT2D eigenvalue weighted by Gasteiger charge is -2.39. The van der Waals surface area contributed by atoms with Gasteiger partial charge in [-0.1, -0.05) is 36.4 Å². The summed E-state index contributed by atoms with van der Waals surface area (Å²) in [6.07, 6.45) is -0.314. The summed E-state index contributed by atoms with van der Waals surface area (Å²) in [5.74, 6) is 0. The zero-order valence-electron chi connectivity index (χ0n) is 14.0. The van der Waals surface area contributed by atoms with Crippen LogP contribution in [0.1, 0.15) is 23.4 Å². The molecule has 0 saturated carbocycles. The van der Waals surface area contributed by atoms with Gasteiger partial charge in [0.2, 0.25) is 0 Å². The fourth-order valence-corrected chi connectivity index (χ4v) is 3.71. The summed E-state index contributed by atoms with van der Waals surface area (Å²) in [5, 5.41) is 12.4. The lowest BCUT2D eigenvalue weighted by atomic mass is 10.0. The van der Waals surface area contributed by atoms with E-state index < -0.39 is 6.10 Å². The molecule has 0 amide bonds. The zero-order chi connectivity index (χ0) is 16.8. The van der Waals surface area contributed by atoms with E-state index >= 15 is 0 Å². The molecule has 24 heavy (non-hydrogen) atoms. The van der Waals surface area contributed by atoms with Crippen molar-refractivity contribution in [3.63, 3.8) is 0 Å². The standard InChI is InChI=1S/C19H25NO3S/c1-15-10-20(19(14-23-15)16-6-3-2-4-7-16)11-17(21)12-22-13-18-8-5-9-24-18/h2-9,15,17,19,21H,10-14H2,1H3. The van der Waals surface area contributed by atoms with Gasteiger partial charge in [-0.2, -0.15) is 0 Å². The number of benzene rings is 1. The molecular weight excluding hydrogens is 322 g/mol. The van der Waals surface area contributed by atoms with Crippen LogP contribution < -0.4 is 0 Å². The van der Waals surface area contributed by atoms with Crippen molar-refractivity contribution in [1.29, 1.82) is 0 Å². The first-order valence-electron chi connectivity index (χ1n) is 8.41. The van der Waals surface area contributed by atoms with E-state index in [4.69, 9.17) is 9.47 Å². The smallest absolute Gasteiger partial charge is 0.0900 e. The van der Waals surface area contributed by atoms with Crippen molar-refractivity contribution in [3.8, 4) is 0 Å². The highest BCUT2D eigenvalue weighted by Gasteiger charge is 2.29. The highest BCUT2D eigenvalue weighted by atomic mass is 32.1. The number of hydrogen-bond donors (Lipinski definition) is 1. The highest BCUT2D eigenvalue weighted by molar-refractivity contribution is 7.09. The molecule has 3 unspecified atom stereocenters. The lowest BCUT2D eigenvalue weighted by Crippen LogP contribution is -2.47. The number of β-amino-alcohol motifs (C(OH)–C–C–N with tert-alkyl or cyclic N) is 1. The molecule has 5 heteroatoms. The first kappa shape index (κ1) is 17.6. The third-order valence-corrected chi connectivity index (χ3v) is 5.09. The van der Waals surface area contributed by atoms with E-state index in [0.717, 1.165) is 6.54 Å². The van der Waals surface area contributed by atoms with Crippen LogP contribution in [-0.2, 0) is 16.1 Å². The molecule has 1 aromatic heterocycles. The number of thiophene rings is 1. The van der Waals surface area contributed by atoms with E-state index in [1.165, 1.54) is 10.4 Å². The molecule has 0 bridgehead atoms. The van der Waals surface area contributed by atoms with Crippen LogP contribution in [0, 0.1) is 0 Å². The fraction of sp³-hybridized carbons (Fsp3) is 0.474. The van der Waals surface area contributed by atoms with Crippen molar-refractivity contribution in [2.75, 3.05) is 26.3 Å². The van der Waals surface area contributed by atoms with Crippen molar-refractivity contribution < 1.29 is 14.6 Å². The Kier molecular flexibility index (Phi) is 6.40. The van der Waals surface area contributed by atoms with E-state index in [9.17, 15) is 5.11 Å². The summed E-state index contributed by atoms with van der Waals surface area (Å²) in [6, 6.07) is 14.6. The monoisotopic (exact) mass is 347 g/mol. The van der Waals surface area contributed by atoms with Gasteiger partial charge < -0.3 is 14.6 Å². The second-order valence-electron chi connectivity index (χ2n) is 6.27. The molecule has 4 nitrogen and oxygen atoms in total. The normalized spacial score (nSPS) is 23.2. The maximum Gasteiger partial charge on any atom is 0.0900 e. The Labute approximate surface area is 147 Å². The fourth-order valence-electron chi connectivity index (χ4n) is 3.07. The van der Waals surface area contributed by atoms with Crippen LogP contribution in [0.25, 0.3) is 0 Å². The van der Waals surface area contributed by atoms with E-state index in [-0.39, 0.29) is 12.1 Å². The molecule has 1 fully saturated rings. The Morgan fingerprint density at radius 3 is 2.88 bits per heavy atom. The molecular formula is C19H25NO3S. The van der Waals surface area contributed by atoms with Gasteiger partial charge in [-0.3, -0.25) is 4.90 Å². The third kappa shape index (κ3) is 4.88. The number of aliphatic hydroxyl groups is 1. The molecule has 1 aliphatic heterocycles. The maximum absolute atomic E-state index is 10.4. The molecule has 3 rings (SSSR count). The molecule has 2 aromatic rings. The summed E-state index contributed by atoms with van der Waals surface area (Å²) >= 11 is 1.67. The number of aliphatic hydroxyl groups excluding tert-OH is 1. The Balaban J connectivity index is 1.53. The maximum atomic E-state index is 10.4. The average molecular weight is 347 g/mol. The van der Waals surface area contributed by atoms with Gasteiger partial charge in [0.25, 0.3) is 0 Å². The second kappa shape index (κ2) is 8.74. The first-order valence-corrected chi connectivity index (χ1v) is 9.29. The largest absolute Gasteiger partial charge is 0.389 e. The predicted octanol–water partition coefficient (Wildman–Crippen LogP) is 3.09. The summed E-state index contributed by atoms with van der Waals surface area (Å²) in [4.78, 5) is 3.49. The Hall–Kier alpha value is -1.24. The van der Waals surface area contributed by atoms with E-state index in [0.29, 0.717) is 26.4 Å². The number of hydrogen-bond acceptors (Lipinski definition) is 5. The number of rotatable bonds is 7. The topological polar surface area (TPSA) is 41.9 Å². The quantitative estimate of drug-likeness (QED) is 0.836. The predicted molar refractivity (Wildman–Crippen MR) is 96.2 cm³/mol. The van der Waals surface area contributed by atoms with Crippen LogP contribution in [0.4, 0.5) is 0 Å². The van der Waals surface area contributed by atoms with Gasteiger partial charge in [-0.15, -0.1) is 11.3 Å². The summed E-state index contributed by atoms with van der Waals surface area (Å²) in [6.45, 7) is 5.07. The summed E-state index contributed by atoms with van der Waals surface area (Å²) < 4.78 is 11.5. The third-order valence-electron chi connectivity index (χ3n) is 4.24. The Morgan fingerprint density at radius 2 is 2.12 bits per heavy atom. The van der Waals surface area contributed by atoms with Crippen molar-refractivity contribution in [2.45, 2.75) is 31.8 Å². The molecule has 2 heterocycles. The van der Waals surface area contributed by atoms with Crippen LogP contribution in [-0.4, -0.2) is 48.5 Å². The molecule has 3 atom stereocenters. The van der Waals surface area contributed by atoms with E-state index in [1.54, 1.807) is 11.3 Å². The van der Waals surface area contributed by atoms with Crippen molar-refractivity contribution in [2.24, 2.45) is 0 Å². The first-order chi connectivity index (χ1) is 11.7. The minimum absolute atomic E-state index is 0.184. The van der Waals surface area contributed by atoms with Gasteiger partial charge in [0.1, 0.15) is 0 Å². The van der Waals surface area contributed by atoms with Crippen molar-refractivity contribution in [3.05, 3.63) is 58.3 Å². The average Bonchev–Trinajstić information content (AvgIpc) is 3.09. The Bertz CT molecular complexity index is 590. The van der Waals surface area contributed by atoms with Gasteiger partial charge in [-0.05, 0) is 23.9 Å². The SMILES string of the molecule is CC1CN(CC(O)COCc2cccs2)C(c2ccccc2)CO1. The molecule has 1 aliphatic rings. The zero-order valence-corrected chi connectivity index (χ0v) is 14.8. The molecule has 1 saturated heterocycles. The van der Waals surface area contributed by atoms with Crippen molar-refractivity contribution in [1.82, 2.24) is 4.90 Å². The van der Waals surface area contributed by atoms with Gasteiger partial charge in [-0.25, -0.2) is 0 Å². The summed E-state index contributed by atoms with van der Waals surface area (Å²) in [5.41, 5.74) is 1.23. The lowest BCUT2D eigenvalue weighted by molar-refractivity contribution is -0.0772. The molecule has 0 radical (unpaired) electrons. The van der Waals surface area contributed by atoms with Gasteiger partial charge in [0.05, 0.1) is 38.1 Å². The Morgan fingerprint density at radius 1 is 1.29 bits per heavy atom. The van der Waals surface area contributed by atoms with Crippen LogP contribution in [0.3, 0.4) is 0 Å². The minimum atomic E-state index is -0.499. The van der Waals surface area contributed by atoms with Gasteiger partial charge in [0, 0.05) is 18.0 Å². The second-order valence-corrected chi connectivity index (χ2v) is 7.30. The van der Waals surface area contributed by atoms with Gasteiger partial charge in [0.15, 0.2) is 0 Å². The molecule has 1 N–H and O–H groups in total. The molecule has 130 valence electrons. The molecule has 1 aromatic carbocycles. The number of ether oxygens (including phenoxy) is 2. The van der Waals surface area contributed by atoms with Crippen molar-refractivity contribution >= 4 is 11.3 Å². The minimum Gasteiger partial charge on any atom is -0.389 e. The van der Waals surface area contributed by atoms with Crippen LogP contribution in [0.2, 0.25) is 0 Å². The van der Waals surface area contributed by atoms with Crippen LogP contribution in [0.5, 0.6) is 0 Å². The highest BCUT2D eigenvalue weighted by Crippen LogP contribution is 2.26. The van der Waals surface area contributed by atoms with E-state index in [2.05, 4.69) is 24.0 Å². The van der Waals surface area contributed by atoms with Crippen LogP contribution >= 0.6 is 11.3 Å². The van der Waals surface area contributed by atoms with Crippen LogP contribution in [0.15, 0.2) is 47.8 Å².